The molecule has 0 saturated carbocycles. The monoisotopic (exact) mass is 308 g/mol. The zero-order valence-electron chi connectivity index (χ0n) is 12.4. The van der Waals surface area contributed by atoms with E-state index in [4.69, 9.17) is 22.7 Å². The number of hydrogen-bond acceptors (Lipinski definition) is 2. The van der Waals surface area contributed by atoms with Gasteiger partial charge in [-0.2, -0.15) is 0 Å². The van der Waals surface area contributed by atoms with Crippen molar-refractivity contribution in [3.8, 4) is 0 Å². The predicted molar refractivity (Wildman–Crippen MR) is 88.1 cm³/mol. The van der Waals surface area contributed by atoms with E-state index in [1.807, 2.05) is 26.0 Å². The molecule has 0 fully saturated rings. The summed E-state index contributed by atoms with van der Waals surface area (Å²) in [7, 11) is 0. The molecule has 0 aliphatic carbocycles. The van der Waals surface area contributed by atoms with Crippen LogP contribution in [0.3, 0.4) is 0 Å². The van der Waals surface area contributed by atoms with Crippen LogP contribution < -0.4 is 10.6 Å². The average Bonchev–Trinajstić information content (AvgIpc) is 2.46. The zero-order valence-corrected chi connectivity index (χ0v) is 13.2. The fourth-order valence-corrected chi connectivity index (χ4v) is 2.39. The Morgan fingerprint density at radius 3 is 2.62 bits per heavy atom. The first-order valence-electron chi connectivity index (χ1n) is 6.79. The van der Waals surface area contributed by atoms with Gasteiger partial charge in [0.15, 0.2) is 5.96 Å². The number of nitrogens with one attached hydrogen (secondary N) is 1. The number of halogens is 1. The van der Waals surface area contributed by atoms with Crippen LogP contribution in [0.1, 0.15) is 19.4 Å². The SMILES string of the molecule is C=CCN(C(=N)N)C(=O)N(CC)c1c(Cl)cccc1CC. The molecular weight excluding hydrogens is 288 g/mol. The second-order valence-corrected chi connectivity index (χ2v) is 4.82. The molecule has 0 saturated heterocycles. The molecule has 0 unspecified atom stereocenters. The molecule has 1 aromatic rings. The van der Waals surface area contributed by atoms with Crippen molar-refractivity contribution in [1.29, 1.82) is 5.41 Å². The molecule has 1 rings (SSSR count). The topological polar surface area (TPSA) is 73.4 Å². The van der Waals surface area contributed by atoms with Crippen LogP contribution in [-0.2, 0) is 6.42 Å². The number of nitrogens with two attached hydrogens (primary N) is 1. The first-order chi connectivity index (χ1) is 9.97. The van der Waals surface area contributed by atoms with Crippen molar-refractivity contribution in [2.45, 2.75) is 20.3 Å². The molecule has 1 aromatic carbocycles. The minimum atomic E-state index is -0.382. The van der Waals surface area contributed by atoms with Crippen LogP contribution in [0.5, 0.6) is 0 Å². The number of benzene rings is 1. The van der Waals surface area contributed by atoms with Crippen LogP contribution in [0, 0.1) is 5.41 Å². The predicted octanol–water partition coefficient (Wildman–Crippen LogP) is 3.23. The van der Waals surface area contributed by atoms with Crippen LogP contribution in [0.25, 0.3) is 0 Å². The van der Waals surface area contributed by atoms with Crippen LogP contribution in [0.2, 0.25) is 5.02 Å². The van der Waals surface area contributed by atoms with Crippen molar-refractivity contribution in [1.82, 2.24) is 4.90 Å². The number of carbonyl (C=O) groups is 1. The van der Waals surface area contributed by atoms with Crippen LogP contribution >= 0.6 is 11.6 Å². The van der Waals surface area contributed by atoms with E-state index in [9.17, 15) is 4.79 Å². The molecule has 0 heterocycles. The van der Waals surface area contributed by atoms with Gasteiger partial charge in [0.1, 0.15) is 0 Å². The summed E-state index contributed by atoms with van der Waals surface area (Å²) in [5.74, 6) is -0.316. The highest BCUT2D eigenvalue weighted by atomic mass is 35.5. The Balaban J connectivity index is 3.27. The summed E-state index contributed by atoms with van der Waals surface area (Å²) in [5, 5.41) is 8.05. The number of aryl methyl sites for hydroxylation is 1. The Kier molecular flexibility index (Phi) is 6.24. The molecule has 0 aliphatic rings. The van der Waals surface area contributed by atoms with E-state index in [-0.39, 0.29) is 18.5 Å². The second-order valence-electron chi connectivity index (χ2n) is 4.41. The number of hydrogen-bond donors (Lipinski definition) is 2. The number of urea groups is 1. The highest BCUT2D eigenvalue weighted by Gasteiger charge is 2.25. The molecule has 3 N–H and O–H groups in total. The summed E-state index contributed by atoms with van der Waals surface area (Å²) in [6.07, 6.45) is 2.28. The number of rotatable bonds is 5. The maximum absolute atomic E-state index is 12.7. The zero-order chi connectivity index (χ0) is 16.0. The minimum Gasteiger partial charge on any atom is -0.370 e. The van der Waals surface area contributed by atoms with Crippen LogP contribution in [-0.4, -0.2) is 30.0 Å². The van der Waals surface area contributed by atoms with Crippen molar-refractivity contribution >= 4 is 29.3 Å². The van der Waals surface area contributed by atoms with E-state index in [1.54, 1.807) is 6.07 Å². The van der Waals surface area contributed by atoms with Crippen molar-refractivity contribution < 1.29 is 4.79 Å². The van der Waals surface area contributed by atoms with E-state index in [2.05, 4.69) is 6.58 Å². The van der Waals surface area contributed by atoms with Crippen LogP contribution in [0.15, 0.2) is 30.9 Å². The molecule has 0 aromatic heterocycles. The average molecular weight is 309 g/mol. The van der Waals surface area contributed by atoms with Gasteiger partial charge in [0.2, 0.25) is 0 Å². The van der Waals surface area contributed by atoms with Gasteiger partial charge in [-0.25, -0.2) is 4.79 Å². The van der Waals surface area contributed by atoms with Gasteiger partial charge < -0.3 is 5.73 Å². The number of para-hydroxylation sites is 1. The summed E-state index contributed by atoms with van der Waals surface area (Å²) in [4.78, 5) is 15.3. The molecule has 0 spiro atoms. The molecule has 6 heteroatoms. The van der Waals surface area contributed by atoms with E-state index < -0.39 is 0 Å². The largest absolute Gasteiger partial charge is 0.370 e. The normalized spacial score (nSPS) is 10.0. The van der Waals surface area contributed by atoms with Gasteiger partial charge >= 0.3 is 6.03 Å². The molecule has 0 bridgehead atoms. The highest BCUT2D eigenvalue weighted by molar-refractivity contribution is 6.34. The Morgan fingerprint density at radius 1 is 1.48 bits per heavy atom. The first kappa shape index (κ1) is 17.0. The fraction of sp³-hybridized carbons (Fsp3) is 0.333. The van der Waals surface area contributed by atoms with Crippen molar-refractivity contribution in [2.24, 2.45) is 5.73 Å². The summed E-state index contributed by atoms with van der Waals surface area (Å²) in [5.41, 5.74) is 7.13. The highest BCUT2D eigenvalue weighted by Crippen LogP contribution is 2.31. The molecule has 0 atom stereocenters. The number of anilines is 1. The van der Waals surface area contributed by atoms with Gasteiger partial charge in [0.05, 0.1) is 10.7 Å². The molecule has 0 aliphatic heterocycles. The lowest BCUT2D eigenvalue weighted by Gasteiger charge is -2.30. The van der Waals surface area contributed by atoms with E-state index >= 15 is 0 Å². The fourth-order valence-electron chi connectivity index (χ4n) is 2.09. The summed E-state index contributed by atoms with van der Waals surface area (Å²) >= 11 is 6.27. The smallest absolute Gasteiger partial charge is 0.331 e. The lowest BCUT2D eigenvalue weighted by molar-refractivity contribution is 0.229. The van der Waals surface area contributed by atoms with Crippen molar-refractivity contribution in [3.05, 3.63) is 41.4 Å². The molecule has 0 radical (unpaired) electrons. The van der Waals surface area contributed by atoms with Gasteiger partial charge in [-0.15, -0.1) is 6.58 Å². The Morgan fingerprint density at radius 2 is 2.14 bits per heavy atom. The van der Waals surface area contributed by atoms with E-state index in [0.717, 1.165) is 16.9 Å². The standard InChI is InChI=1S/C15H21ClN4O/c1-4-10-20(14(17)18)15(21)19(6-3)13-11(5-2)8-7-9-12(13)16/h4,7-9H,1,5-6,10H2,2-3H3,(H3,17,18). The molecule has 5 nitrogen and oxygen atoms in total. The van der Waals surface area contributed by atoms with Gasteiger partial charge in [-0.3, -0.25) is 15.2 Å². The second kappa shape index (κ2) is 7.69. The minimum absolute atomic E-state index is 0.177. The molecule has 114 valence electrons. The molecular formula is C15H21ClN4O. The Bertz CT molecular complexity index is 544. The van der Waals surface area contributed by atoms with Gasteiger partial charge in [-0.05, 0) is 25.0 Å². The van der Waals surface area contributed by atoms with Gasteiger partial charge in [-0.1, -0.05) is 36.7 Å². The molecule has 21 heavy (non-hydrogen) atoms. The van der Waals surface area contributed by atoms with Gasteiger partial charge in [0, 0.05) is 13.1 Å². The lowest BCUT2D eigenvalue weighted by atomic mass is 10.1. The Hall–Kier alpha value is -2.01. The van der Waals surface area contributed by atoms with E-state index in [1.165, 1.54) is 11.0 Å². The number of carbonyl (C=O) groups excluding carboxylic acids is 1. The quantitative estimate of drug-likeness (QED) is 0.498. The summed E-state index contributed by atoms with van der Waals surface area (Å²) in [6.45, 7) is 8.04. The summed E-state index contributed by atoms with van der Waals surface area (Å²) in [6, 6.07) is 5.16. The summed E-state index contributed by atoms with van der Waals surface area (Å²) < 4.78 is 0. The first-order valence-corrected chi connectivity index (χ1v) is 7.16. The third kappa shape index (κ3) is 3.76. The maximum atomic E-state index is 12.7. The third-order valence-corrected chi connectivity index (χ3v) is 3.41. The van der Waals surface area contributed by atoms with E-state index in [0.29, 0.717) is 17.3 Å². The Labute approximate surface area is 130 Å². The lowest BCUT2D eigenvalue weighted by Crippen LogP contribution is -2.49. The number of amides is 2. The van der Waals surface area contributed by atoms with Gasteiger partial charge in [0.25, 0.3) is 0 Å². The van der Waals surface area contributed by atoms with Crippen molar-refractivity contribution in [2.75, 3.05) is 18.0 Å². The third-order valence-electron chi connectivity index (χ3n) is 3.10. The maximum Gasteiger partial charge on any atom is 0.331 e. The molecule has 2 amide bonds. The number of guanidine groups is 1. The number of nitrogens with zero attached hydrogens (tertiary/aromatic N) is 2. The van der Waals surface area contributed by atoms with Crippen molar-refractivity contribution in [3.63, 3.8) is 0 Å². The van der Waals surface area contributed by atoms with Crippen LogP contribution in [0.4, 0.5) is 10.5 Å².